The second-order valence-electron chi connectivity index (χ2n) is 9.02. The molecule has 0 bridgehead atoms. The van der Waals surface area contributed by atoms with Crippen LogP contribution in [0.5, 0.6) is 0 Å². The van der Waals surface area contributed by atoms with Crippen molar-refractivity contribution in [2.75, 3.05) is 0 Å². The molecule has 190 valence electrons. The Hall–Kier alpha value is -2.14. The van der Waals surface area contributed by atoms with E-state index in [9.17, 15) is 0 Å². The minimum Gasteiger partial charge on any atom is -0.143 e. The zero-order valence-electron chi connectivity index (χ0n) is 20.4. The fraction of sp³-hybridized carbons (Fsp3) is 0.0323. The van der Waals surface area contributed by atoms with Crippen LogP contribution in [0, 0.1) is 6.92 Å². The molecule has 39 heavy (non-hydrogen) atoms. The van der Waals surface area contributed by atoms with Gasteiger partial charge in [-0.05, 0) is 91.2 Å². The highest BCUT2D eigenvalue weighted by Crippen LogP contribution is 2.46. The van der Waals surface area contributed by atoms with Crippen molar-refractivity contribution in [2.45, 2.75) is 6.92 Å². The Labute approximate surface area is 258 Å². The topological polar surface area (TPSA) is 0 Å². The van der Waals surface area contributed by atoms with Gasteiger partial charge in [0.05, 0.1) is 0 Å². The number of fused-ring (bicyclic) bond motifs is 2. The molecular weight excluding hydrogens is 629 g/mol. The number of aryl methyl sites for hydroxylation is 1. The third kappa shape index (κ3) is 4.77. The van der Waals surface area contributed by atoms with Crippen molar-refractivity contribution in [1.82, 2.24) is 0 Å². The Morgan fingerprint density at radius 2 is 0.897 bits per heavy atom. The van der Waals surface area contributed by atoms with Crippen LogP contribution in [0.3, 0.4) is 0 Å². The first kappa shape index (κ1) is 24.6. The van der Waals surface area contributed by atoms with Crippen molar-refractivity contribution in [3.05, 3.63) is 92.8 Å². The molecule has 8 heterocycles. The zero-order chi connectivity index (χ0) is 25.9. The van der Waals surface area contributed by atoms with Crippen LogP contribution in [-0.2, 0) is 0 Å². The van der Waals surface area contributed by atoms with Crippen LogP contribution in [0.15, 0.2) is 78.2 Å². The molecule has 0 aliphatic rings. The maximum Gasteiger partial charge on any atom is 0.0464 e. The van der Waals surface area contributed by atoms with Gasteiger partial charge in [0, 0.05) is 72.4 Å². The standard InChI is InChI=1S/C31H18S8/c1-17-4-9-21(33-17)25-14-30-31(37-25)16-27(39-30)23-11-8-19(35-23)6-5-18-7-10-22(34-18)26-15-29-28(38-26)13-24(36-29)20-3-2-12-32-20/h2-16H,1H3/b6-5+. The summed E-state index contributed by atoms with van der Waals surface area (Å²) in [7, 11) is 0. The summed E-state index contributed by atoms with van der Waals surface area (Å²) in [5, 5.41) is 2.15. The van der Waals surface area contributed by atoms with E-state index in [0.717, 1.165) is 0 Å². The van der Waals surface area contributed by atoms with E-state index in [1.54, 1.807) is 0 Å². The Balaban J connectivity index is 0.984. The van der Waals surface area contributed by atoms with Gasteiger partial charge in [-0.2, -0.15) is 0 Å². The molecule has 0 spiro atoms. The molecule has 0 N–H and O–H groups in total. The summed E-state index contributed by atoms with van der Waals surface area (Å²) in [4.78, 5) is 14.9. The van der Waals surface area contributed by atoms with Crippen molar-refractivity contribution in [2.24, 2.45) is 0 Å². The summed E-state index contributed by atoms with van der Waals surface area (Å²) in [5.74, 6) is 0. The minimum atomic E-state index is 1.30. The lowest BCUT2D eigenvalue weighted by Gasteiger charge is -1.91. The van der Waals surface area contributed by atoms with Crippen molar-refractivity contribution >= 4 is 122 Å². The molecule has 8 heteroatoms. The largest absolute Gasteiger partial charge is 0.143 e. The van der Waals surface area contributed by atoms with Gasteiger partial charge in [0.2, 0.25) is 0 Å². The molecule has 0 nitrogen and oxygen atoms in total. The maximum absolute atomic E-state index is 2.37. The molecule has 0 aliphatic heterocycles. The molecular formula is C31H18S8. The molecule has 0 aromatic carbocycles. The Kier molecular flexibility index (Phi) is 6.35. The van der Waals surface area contributed by atoms with E-state index in [2.05, 4.69) is 97.3 Å². The Morgan fingerprint density at radius 1 is 0.436 bits per heavy atom. The van der Waals surface area contributed by atoms with Crippen LogP contribution in [0.25, 0.3) is 70.0 Å². The molecule has 8 rings (SSSR count). The fourth-order valence-electron chi connectivity index (χ4n) is 4.46. The highest BCUT2D eigenvalue weighted by atomic mass is 32.1. The third-order valence-corrected chi connectivity index (χ3v) is 15.7. The lowest BCUT2D eigenvalue weighted by molar-refractivity contribution is 1.64. The first-order valence-corrected chi connectivity index (χ1v) is 18.8. The summed E-state index contributed by atoms with van der Waals surface area (Å²) in [6, 6.07) is 27.3. The monoisotopic (exact) mass is 646 g/mol. The highest BCUT2D eigenvalue weighted by Gasteiger charge is 2.13. The average Bonchev–Trinajstić information content (AvgIpc) is 3.75. The van der Waals surface area contributed by atoms with E-state index in [-0.39, 0.29) is 0 Å². The molecule has 8 aromatic rings. The quantitative estimate of drug-likeness (QED) is 0.169. The molecule has 0 saturated heterocycles. The van der Waals surface area contributed by atoms with Crippen LogP contribution >= 0.6 is 90.7 Å². The predicted octanol–water partition coefficient (Wildman–Crippen LogP) is 13.6. The summed E-state index contributed by atoms with van der Waals surface area (Å²) in [6.45, 7) is 2.18. The SMILES string of the molecule is Cc1ccc(-c2cc3sc(-c4ccc(/C=C/c5ccc(-c6cc7sc(-c8cccs8)cc7s6)s5)s4)cc3s2)s1. The van der Waals surface area contributed by atoms with Gasteiger partial charge in [-0.3, -0.25) is 0 Å². The highest BCUT2D eigenvalue weighted by molar-refractivity contribution is 7.34. The Morgan fingerprint density at radius 3 is 1.33 bits per heavy atom. The number of hydrogen-bond acceptors (Lipinski definition) is 8. The molecule has 0 amide bonds. The summed E-state index contributed by atoms with van der Waals surface area (Å²) in [5.41, 5.74) is 0. The van der Waals surface area contributed by atoms with Crippen molar-refractivity contribution in [1.29, 1.82) is 0 Å². The van der Waals surface area contributed by atoms with Gasteiger partial charge in [-0.25, -0.2) is 0 Å². The van der Waals surface area contributed by atoms with E-state index >= 15 is 0 Å². The van der Waals surface area contributed by atoms with E-state index in [4.69, 9.17) is 0 Å². The van der Waals surface area contributed by atoms with Crippen LogP contribution in [0.1, 0.15) is 14.6 Å². The van der Waals surface area contributed by atoms with Gasteiger partial charge in [-0.1, -0.05) is 6.07 Å². The first-order chi connectivity index (χ1) is 19.1. The molecule has 0 unspecified atom stereocenters. The lowest BCUT2D eigenvalue weighted by Crippen LogP contribution is -1.60. The zero-order valence-corrected chi connectivity index (χ0v) is 27.0. The summed E-state index contributed by atoms with van der Waals surface area (Å²) < 4.78 is 5.57. The van der Waals surface area contributed by atoms with E-state index < -0.39 is 0 Å². The minimum absolute atomic E-state index is 1.30. The lowest BCUT2D eigenvalue weighted by atomic mass is 10.3. The normalized spacial score (nSPS) is 12.1. The van der Waals surface area contributed by atoms with Crippen LogP contribution < -0.4 is 0 Å². The third-order valence-electron chi connectivity index (χ3n) is 6.31. The summed E-state index contributed by atoms with van der Waals surface area (Å²) in [6.07, 6.45) is 4.52. The maximum atomic E-state index is 2.37. The smallest absolute Gasteiger partial charge is 0.0464 e. The second kappa shape index (κ2) is 10.0. The van der Waals surface area contributed by atoms with Gasteiger partial charge >= 0.3 is 0 Å². The van der Waals surface area contributed by atoms with Crippen molar-refractivity contribution < 1.29 is 0 Å². The number of hydrogen-bond donors (Lipinski definition) is 0. The molecule has 0 radical (unpaired) electrons. The Bertz CT molecular complexity index is 2020. The van der Waals surface area contributed by atoms with Crippen molar-refractivity contribution in [3.63, 3.8) is 0 Å². The van der Waals surface area contributed by atoms with Gasteiger partial charge < -0.3 is 0 Å². The van der Waals surface area contributed by atoms with E-state index in [0.29, 0.717) is 0 Å². The second-order valence-corrected chi connectivity index (χ2v) is 17.8. The van der Waals surface area contributed by atoms with Gasteiger partial charge in [0.25, 0.3) is 0 Å². The van der Waals surface area contributed by atoms with Gasteiger partial charge in [0.15, 0.2) is 0 Å². The van der Waals surface area contributed by atoms with Crippen molar-refractivity contribution in [3.8, 4) is 39.0 Å². The molecule has 0 aliphatic carbocycles. The predicted molar refractivity (Wildman–Crippen MR) is 186 cm³/mol. The fourth-order valence-corrected chi connectivity index (χ4v) is 13.0. The van der Waals surface area contributed by atoms with Gasteiger partial charge in [0.1, 0.15) is 0 Å². The molecule has 8 aromatic heterocycles. The molecule has 0 atom stereocenters. The van der Waals surface area contributed by atoms with Crippen LogP contribution in [-0.4, -0.2) is 0 Å². The first-order valence-electron chi connectivity index (χ1n) is 12.2. The van der Waals surface area contributed by atoms with E-state index in [1.807, 2.05) is 90.7 Å². The van der Waals surface area contributed by atoms with E-state index in [1.165, 1.54) is 72.4 Å². The number of rotatable bonds is 6. The van der Waals surface area contributed by atoms with Crippen LogP contribution in [0.2, 0.25) is 0 Å². The summed E-state index contributed by atoms with van der Waals surface area (Å²) >= 11 is 15.1. The average molecular weight is 647 g/mol. The number of thiophene rings is 8. The molecule has 0 saturated carbocycles. The molecule has 0 fully saturated rings. The van der Waals surface area contributed by atoms with Gasteiger partial charge in [-0.15, -0.1) is 90.7 Å². The van der Waals surface area contributed by atoms with Crippen LogP contribution in [0.4, 0.5) is 0 Å².